The molecule has 12 heavy (non-hydrogen) atoms. The van der Waals surface area contributed by atoms with Crippen molar-refractivity contribution in [2.75, 3.05) is 19.6 Å². The molecule has 0 rings (SSSR count). The Balaban J connectivity index is 3.54. The van der Waals surface area contributed by atoms with Gasteiger partial charge in [-0.15, -0.1) is 0 Å². The van der Waals surface area contributed by atoms with Crippen LogP contribution in [0, 0.1) is 0 Å². The van der Waals surface area contributed by atoms with Crippen LogP contribution in [0.5, 0.6) is 0 Å². The minimum Gasteiger partial charge on any atom is -0.402 e. The van der Waals surface area contributed by atoms with Gasteiger partial charge in [-0.1, -0.05) is 20.4 Å². The first-order chi connectivity index (χ1) is 5.70. The fourth-order valence-electron chi connectivity index (χ4n) is 1.27. The van der Waals surface area contributed by atoms with Crippen molar-refractivity contribution < 1.29 is 0 Å². The molecule has 2 heteroatoms. The fourth-order valence-corrected chi connectivity index (χ4v) is 1.27. The molecule has 0 fully saturated rings. The Labute approximate surface area is 76.4 Å². The van der Waals surface area contributed by atoms with Crippen molar-refractivity contribution in [3.05, 3.63) is 12.3 Å². The monoisotopic (exact) mass is 170 g/mol. The highest BCUT2D eigenvalue weighted by Gasteiger charge is 2.01. The molecule has 0 atom stereocenters. The van der Waals surface area contributed by atoms with Gasteiger partial charge in [-0.3, -0.25) is 0 Å². The molecule has 0 aliphatic carbocycles. The van der Waals surface area contributed by atoms with Crippen LogP contribution in [0.1, 0.15) is 33.1 Å². The Morgan fingerprint density at radius 2 is 1.67 bits per heavy atom. The summed E-state index contributed by atoms with van der Waals surface area (Å²) >= 11 is 0. The van der Waals surface area contributed by atoms with Crippen LogP contribution in [0.3, 0.4) is 0 Å². The molecular weight excluding hydrogens is 148 g/mol. The Morgan fingerprint density at radius 3 is 2.00 bits per heavy atom. The molecule has 0 aliphatic rings. The van der Waals surface area contributed by atoms with E-state index in [0.29, 0.717) is 0 Å². The Kier molecular flexibility index (Phi) is 6.87. The second kappa shape index (κ2) is 7.17. The van der Waals surface area contributed by atoms with E-state index in [1.54, 1.807) is 0 Å². The largest absolute Gasteiger partial charge is 0.402 e. The number of hydrogen-bond donors (Lipinski definition) is 1. The van der Waals surface area contributed by atoms with E-state index in [-0.39, 0.29) is 0 Å². The first-order valence-corrected chi connectivity index (χ1v) is 4.86. The van der Waals surface area contributed by atoms with Crippen molar-refractivity contribution in [1.29, 1.82) is 0 Å². The van der Waals surface area contributed by atoms with Gasteiger partial charge in [-0.05, 0) is 32.4 Å². The van der Waals surface area contributed by atoms with Gasteiger partial charge in [0.15, 0.2) is 0 Å². The molecule has 0 radical (unpaired) electrons. The van der Waals surface area contributed by atoms with Crippen LogP contribution in [0.25, 0.3) is 0 Å². The molecule has 0 heterocycles. The van der Waals surface area contributed by atoms with Crippen molar-refractivity contribution >= 4 is 0 Å². The fraction of sp³-hybridized carbons (Fsp3) is 0.800. The molecule has 2 nitrogen and oxygen atoms in total. The summed E-state index contributed by atoms with van der Waals surface area (Å²) in [6.07, 6.45) is 3.37. The molecule has 0 aliphatic heterocycles. The smallest absolute Gasteiger partial charge is 0.00356 e. The zero-order chi connectivity index (χ0) is 9.40. The van der Waals surface area contributed by atoms with Crippen molar-refractivity contribution in [1.82, 2.24) is 4.90 Å². The number of hydrogen-bond acceptors (Lipinski definition) is 2. The summed E-state index contributed by atoms with van der Waals surface area (Å²) < 4.78 is 0. The maximum Gasteiger partial charge on any atom is 0.00356 e. The van der Waals surface area contributed by atoms with Crippen molar-refractivity contribution in [3.8, 4) is 0 Å². The van der Waals surface area contributed by atoms with Gasteiger partial charge in [0.25, 0.3) is 0 Å². The Bertz CT molecular complexity index is 115. The minimum absolute atomic E-state index is 0.798. The summed E-state index contributed by atoms with van der Waals surface area (Å²) in [4.78, 5) is 2.44. The van der Waals surface area contributed by atoms with E-state index in [4.69, 9.17) is 5.73 Å². The van der Waals surface area contributed by atoms with Crippen molar-refractivity contribution in [2.45, 2.75) is 33.1 Å². The highest BCUT2D eigenvalue weighted by atomic mass is 15.1. The third-order valence-corrected chi connectivity index (χ3v) is 1.83. The van der Waals surface area contributed by atoms with Gasteiger partial charge in [-0.25, -0.2) is 0 Å². The Morgan fingerprint density at radius 1 is 1.17 bits per heavy atom. The molecule has 0 amide bonds. The van der Waals surface area contributed by atoms with Crippen LogP contribution >= 0.6 is 0 Å². The lowest BCUT2D eigenvalue weighted by atomic mass is 10.3. The molecule has 72 valence electrons. The molecular formula is C10H22N2. The quantitative estimate of drug-likeness (QED) is 0.633. The summed E-state index contributed by atoms with van der Waals surface area (Å²) in [6.45, 7) is 11.5. The van der Waals surface area contributed by atoms with E-state index < -0.39 is 0 Å². The lowest BCUT2D eigenvalue weighted by Gasteiger charge is -2.20. The van der Waals surface area contributed by atoms with Gasteiger partial charge in [0.05, 0.1) is 0 Å². The van der Waals surface area contributed by atoms with Gasteiger partial charge in [0.1, 0.15) is 0 Å². The second-order valence-electron chi connectivity index (χ2n) is 3.25. The molecule has 2 N–H and O–H groups in total. The zero-order valence-electron chi connectivity index (χ0n) is 8.47. The summed E-state index contributed by atoms with van der Waals surface area (Å²) in [5.74, 6) is 0. The maximum absolute atomic E-state index is 5.51. The summed E-state index contributed by atoms with van der Waals surface area (Å²) in [7, 11) is 0. The van der Waals surface area contributed by atoms with E-state index in [1.165, 1.54) is 25.9 Å². The van der Waals surface area contributed by atoms with Gasteiger partial charge in [-0.2, -0.15) is 0 Å². The van der Waals surface area contributed by atoms with Gasteiger partial charge in [0.2, 0.25) is 0 Å². The average Bonchev–Trinajstić information content (AvgIpc) is 2.01. The van der Waals surface area contributed by atoms with Crippen LogP contribution in [-0.4, -0.2) is 24.5 Å². The first-order valence-electron chi connectivity index (χ1n) is 4.86. The number of nitrogens with two attached hydrogens (primary N) is 1. The van der Waals surface area contributed by atoms with E-state index in [0.717, 1.165) is 18.7 Å². The minimum atomic E-state index is 0.798. The normalized spacial score (nSPS) is 10.6. The molecule has 0 saturated heterocycles. The standard InChI is InChI=1S/C10H22N2/c1-4-7-12(8-5-2)9-6-10(3)11/h3-9,11H2,1-2H3. The van der Waals surface area contributed by atoms with Crippen LogP contribution in [-0.2, 0) is 0 Å². The van der Waals surface area contributed by atoms with Crippen LogP contribution in [0.4, 0.5) is 0 Å². The zero-order valence-corrected chi connectivity index (χ0v) is 8.47. The first kappa shape index (κ1) is 11.5. The number of rotatable bonds is 7. The summed E-state index contributed by atoms with van der Waals surface area (Å²) in [6, 6.07) is 0. The predicted octanol–water partition coefficient (Wildman–Crippen LogP) is 1.97. The molecule has 0 aromatic carbocycles. The molecule has 0 spiro atoms. The van der Waals surface area contributed by atoms with E-state index in [1.807, 2.05) is 0 Å². The van der Waals surface area contributed by atoms with Crippen molar-refractivity contribution in [3.63, 3.8) is 0 Å². The second-order valence-corrected chi connectivity index (χ2v) is 3.25. The van der Waals surface area contributed by atoms with Crippen LogP contribution in [0.15, 0.2) is 12.3 Å². The number of nitrogens with zero attached hydrogens (tertiary/aromatic N) is 1. The van der Waals surface area contributed by atoms with Gasteiger partial charge < -0.3 is 10.6 Å². The lowest BCUT2D eigenvalue weighted by molar-refractivity contribution is 0.278. The third-order valence-electron chi connectivity index (χ3n) is 1.83. The highest BCUT2D eigenvalue weighted by molar-refractivity contribution is 4.86. The Hall–Kier alpha value is -0.500. The van der Waals surface area contributed by atoms with E-state index in [9.17, 15) is 0 Å². The predicted molar refractivity (Wildman–Crippen MR) is 55.0 cm³/mol. The molecule has 0 bridgehead atoms. The van der Waals surface area contributed by atoms with Crippen LogP contribution < -0.4 is 5.73 Å². The maximum atomic E-state index is 5.51. The third kappa shape index (κ3) is 6.23. The topological polar surface area (TPSA) is 29.3 Å². The van der Waals surface area contributed by atoms with Gasteiger partial charge in [0, 0.05) is 12.2 Å². The molecule has 0 aromatic rings. The van der Waals surface area contributed by atoms with Crippen LogP contribution in [0.2, 0.25) is 0 Å². The lowest BCUT2D eigenvalue weighted by Crippen LogP contribution is -2.27. The van der Waals surface area contributed by atoms with E-state index in [2.05, 4.69) is 25.3 Å². The SMILES string of the molecule is C=C(N)CCN(CCC)CCC. The molecule has 0 saturated carbocycles. The molecule has 0 aromatic heterocycles. The summed E-state index contributed by atoms with van der Waals surface area (Å²) in [5.41, 5.74) is 6.31. The van der Waals surface area contributed by atoms with Crippen molar-refractivity contribution in [2.24, 2.45) is 5.73 Å². The average molecular weight is 170 g/mol. The summed E-state index contributed by atoms with van der Waals surface area (Å²) in [5, 5.41) is 0. The van der Waals surface area contributed by atoms with Gasteiger partial charge >= 0.3 is 0 Å². The van der Waals surface area contributed by atoms with E-state index >= 15 is 0 Å². The molecule has 0 unspecified atom stereocenters. The highest BCUT2D eigenvalue weighted by Crippen LogP contribution is 1.98.